The molecular weight excluding hydrogens is 274 g/mol. The monoisotopic (exact) mass is 291 g/mol. The molecule has 1 fully saturated rings. The van der Waals surface area contributed by atoms with Gasteiger partial charge >= 0.3 is 11.6 Å². The van der Waals surface area contributed by atoms with E-state index in [0.717, 1.165) is 7.11 Å². The number of carbonyl (C=O) groups is 1. The van der Waals surface area contributed by atoms with E-state index in [9.17, 15) is 25.0 Å². The molecule has 1 rings (SSSR count). The molecule has 0 aliphatic carbocycles. The van der Waals surface area contributed by atoms with Gasteiger partial charge < -0.3 is 9.47 Å². The van der Waals surface area contributed by atoms with Crippen LogP contribution in [0.4, 0.5) is 0 Å². The number of nitrogens with zero attached hydrogens (tertiary/aromatic N) is 3. The zero-order valence-electron chi connectivity index (χ0n) is 11.1. The number of morpholine rings is 1. The van der Waals surface area contributed by atoms with Gasteiger partial charge in [-0.05, 0) is 0 Å². The average molecular weight is 291 g/mol. The molecular formula is C10H17N3O7. The average Bonchev–Trinajstić information content (AvgIpc) is 2.43. The fraction of sp³-hybridized carbons (Fsp3) is 0.900. The van der Waals surface area contributed by atoms with Crippen molar-refractivity contribution < 1.29 is 24.1 Å². The molecule has 0 aromatic heterocycles. The van der Waals surface area contributed by atoms with Crippen LogP contribution in [0.15, 0.2) is 0 Å². The van der Waals surface area contributed by atoms with E-state index >= 15 is 0 Å². The molecule has 0 saturated carbocycles. The van der Waals surface area contributed by atoms with Crippen LogP contribution in [0.2, 0.25) is 0 Å². The lowest BCUT2D eigenvalue weighted by Crippen LogP contribution is -2.56. The third-order valence-corrected chi connectivity index (χ3v) is 3.22. The molecule has 0 unspecified atom stereocenters. The first-order valence-electron chi connectivity index (χ1n) is 6.08. The molecule has 114 valence electrons. The topological polar surface area (TPSA) is 125 Å². The summed E-state index contributed by atoms with van der Waals surface area (Å²) in [7, 11) is 1.13. The van der Waals surface area contributed by atoms with E-state index in [0.29, 0.717) is 26.3 Å². The van der Waals surface area contributed by atoms with Crippen molar-refractivity contribution in [1.29, 1.82) is 0 Å². The first kappa shape index (κ1) is 16.2. The van der Waals surface area contributed by atoms with Gasteiger partial charge in [0.2, 0.25) is 0 Å². The first-order chi connectivity index (χ1) is 9.42. The molecule has 10 nitrogen and oxygen atoms in total. The van der Waals surface area contributed by atoms with E-state index in [2.05, 4.69) is 4.74 Å². The molecule has 0 bridgehead atoms. The van der Waals surface area contributed by atoms with Crippen molar-refractivity contribution in [3.05, 3.63) is 20.2 Å². The van der Waals surface area contributed by atoms with E-state index in [1.807, 2.05) is 0 Å². The lowest BCUT2D eigenvalue weighted by molar-refractivity contribution is -0.797. The molecule has 0 atom stereocenters. The van der Waals surface area contributed by atoms with Crippen LogP contribution >= 0.6 is 0 Å². The molecule has 0 aromatic carbocycles. The molecule has 1 heterocycles. The summed E-state index contributed by atoms with van der Waals surface area (Å²) < 4.78 is 9.47. The minimum atomic E-state index is -2.40. The molecule has 0 amide bonds. The Morgan fingerprint density at radius 1 is 1.30 bits per heavy atom. The van der Waals surface area contributed by atoms with Crippen LogP contribution in [-0.2, 0) is 14.3 Å². The molecule has 0 spiro atoms. The first-order valence-corrected chi connectivity index (χ1v) is 6.08. The Morgan fingerprint density at radius 3 is 2.30 bits per heavy atom. The van der Waals surface area contributed by atoms with Crippen LogP contribution in [0, 0.1) is 20.2 Å². The SMILES string of the molecule is COC(=O)CCC(CN1CCOCC1)([N+](=O)[O-])[N+](=O)[O-]. The Hall–Kier alpha value is -1.81. The number of hydrogen-bond donors (Lipinski definition) is 0. The number of esters is 1. The number of methoxy groups -OCH3 is 1. The Bertz CT molecular complexity index is 367. The van der Waals surface area contributed by atoms with E-state index in [-0.39, 0.29) is 13.0 Å². The second-order valence-electron chi connectivity index (χ2n) is 4.46. The highest BCUT2D eigenvalue weighted by Gasteiger charge is 2.57. The summed E-state index contributed by atoms with van der Waals surface area (Å²) in [6.45, 7) is 1.18. The standard InChI is InChI=1S/C10H17N3O7/c1-19-9(14)2-3-10(12(15)16,13(17)18)8-11-4-6-20-7-5-11/h2-8H2,1H3. The normalized spacial score (nSPS) is 16.6. The molecule has 0 aromatic rings. The summed E-state index contributed by atoms with van der Waals surface area (Å²) >= 11 is 0. The highest BCUT2D eigenvalue weighted by atomic mass is 16.7. The van der Waals surface area contributed by atoms with E-state index in [4.69, 9.17) is 4.74 Å². The van der Waals surface area contributed by atoms with Crippen LogP contribution in [0.25, 0.3) is 0 Å². The van der Waals surface area contributed by atoms with Crippen LogP contribution in [0.5, 0.6) is 0 Å². The van der Waals surface area contributed by atoms with Gasteiger partial charge in [-0.25, -0.2) is 0 Å². The number of hydrogen-bond acceptors (Lipinski definition) is 8. The molecule has 1 saturated heterocycles. The van der Waals surface area contributed by atoms with Crippen molar-refractivity contribution in [1.82, 2.24) is 4.90 Å². The second kappa shape index (κ2) is 7.10. The highest BCUT2D eigenvalue weighted by Crippen LogP contribution is 2.21. The maximum Gasteiger partial charge on any atom is 0.471 e. The van der Waals surface area contributed by atoms with Crippen LogP contribution in [0.1, 0.15) is 12.8 Å². The van der Waals surface area contributed by atoms with Crippen molar-refractivity contribution >= 4 is 5.97 Å². The van der Waals surface area contributed by atoms with Crippen molar-refractivity contribution in [3.63, 3.8) is 0 Å². The fourth-order valence-corrected chi connectivity index (χ4v) is 1.97. The van der Waals surface area contributed by atoms with Crippen molar-refractivity contribution in [2.24, 2.45) is 0 Å². The Balaban J connectivity index is 2.83. The Labute approximate surface area is 114 Å². The van der Waals surface area contributed by atoms with Crippen molar-refractivity contribution in [2.45, 2.75) is 18.5 Å². The summed E-state index contributed by atoms with van der Waals surface area (Å²) in [4.78, 5) is 33.2. The van der Waals surface area contributed by atoms with Gasteiger partial charge in [0.25, 0.3) is 0 Å². The molecule has 20 heavy (non-hydrogen) atoms. The summed E-state index contributed by atoms with van der Waals surface area (Å²) in [5.74, 6) is -0.708. The van der Waals surface area contributed by atoms with Gasteiger partial charge in [-0.3, -0.25) is 29.9 Å². The van der Waals surface area contributed by atoms with Crippen molar-refractivity contribution in [2.75, 3.05) is 40.0 Å². The second-order valence-corrected chi connectivity index (χ2v) is 4.46. The van der Waals surface area contributed by atoms with Crippen LogP contribution < -0.4 is 0 Å². The summed E-state index contributed by atoms with van der Waals surface area (Å²) in [6.07, 6.45) is -0.875. The zero-order valence-corrected chi connectivity index (χ0v) is 11.1. The number of rotatable bonds is 7. The lowest BCUT2D eigenvalue weighted by atomic mass is 10.0. The minimum Gasteiger partial charge on any atom is -0.469 e. The van der Waals surface area contributed by atoms with Gasteiger partial charge in [0.05, 0.1) is 36.6 Å². The summed E-state index contributed by atoms with van der Waals surface area (Å²) in [5, 5.41) is 22.4. The summed E-state index contributed by atoms with van der Waals surface area (Å²) in [5.41, 5.74) is -2.40. The smallest absolute Gasteiger partial charge is 0.469 e. The summed E-state index contributed by atoms with van der Waals surface area (Å²) in [6, 6.07) is 0. The van der Waals surface area contributed by atoms with Crippen LogP contribution in [0.3, 0.4) is 0 Å². The van der Waals surface area contributed by atoms with Gasteiger partial charge in [0, 0.05) is 13.1 Å². The van der Waals surface area contributed by atoms with Gasteiger partial charge in [0.15, 0.2) is 0 Å². The molecule has 10 heteroatoms. The molecule has 1 aliphatic rings. The van der Waals surface area contributed by atoms with Crippen LogP contribution in [-0.4, -0.2) is 66.3 Å². The third kappa shape index (κ3) is 3.84. The molecule has 0 radical (unpaired) electrons. The molecule has 1 aliphatic heterocycles. The predicted octanol–water partition coefficient (Wildman–Crippen LogP) is -0.478. The van der Waals surface area contributed by atoms with Gasteiger partial charge in [0.1, 0.15) is 13.0 Å². The van der Waals surface area contributed by atoms with E-state index < -0.39 is 27.9 Å². The number of ether oxygens (including phenoxy) is 2. The fourth-order valence-electron chi connectivity index (χ4n) is 1.97. The van der Waals surface area contributed by atoms with Crippen molar-refractivity contribution in [3.8, 4) is 0 Å². The maximum atomic E-state index is 11.2. The lowest BCUT2D eigenvalue weighted by Gasteiger charge is -2.29. The highest BCUT2D eigenvalue weighted by molar-refractivity contribution is 5.69. The number of carbonyl (C=O) groups excluding carboxylic acids is 1. The minimum absolute atomic E-state index is 0.354. The molecule has 0 N–H and O–H groups in total. The van der Waals surface area contributed by atoms with Gasteiger partial charge in [-0.2, -0.15) is 0 Å². The maximum absolute atomic E-state index is 11.2. The van der Waals surface area contributed by atoms with E-state index in [1.54, 1.807) is 4.90 Å². The quantitative estimate of drug-likeness (QED) is 0.266. The largest absolute Gasteiger partial charge is 0.471 e. The Kier molecular flexibility index (Phi) is 5.77. The zero-order chi connectivity index (χ0) is 15.2. The van der Waals surface area contributed by atoms with E-state index in [1.165, 1.54) is 0 Å². The van der Waals surface area contributed by atoms with Gasteiger partial charge in [-0.15, -0.1) is 0 Å². The number of nitro groups is 2. The predicted molar refractivity (Wildman–Crippen MR) is 65.2 cm³/mol. The van der Waals surface area contributed by atoms with Gasteiger partial charge in [-0.1, -0.05) is 0 Å². The third-order valence-electron chi connectivity index (χ3n) is 3.22. The Morgan fingerprint density at radius 2 is 1.85 bits per heavy atom.